The van der Waals surface area contributed by atoms with E-state index in [1.807, 2.05) is 70.6 Å². The van der Waals surface area contributed by atoms with Crippen LogP contribution in [-0.2, 0) is 0 Å². The molecular formula is C20H12N4OS. The molecule has 3 aromatic rings. The van der Waals surface area contributed by atoms with Gasteiger partial charge in [0.15, 0.2) is 0 Å². The maximum Gasteiger partial charge on any atom is 0.149 e. The number of thiophene rings is 1. The van der Waals surface area contributed by atoms with Crippen LogP contribution < -0.4 is 4.74 Å². The van der Waals surface area contributed by atoms with E-state index < -0.39 is 0 Å². The minimum atomic E-state index is -0.210. The molecule has 6 heteroatoms. The van der Waals surface area contributed by atoms with Crippen LogP contribution in [0.25, 0.3) is 21.8 Å². The fourth-order valence-corrected chi connectivity index (χ4v) is 3.38. The Morgan fingerprint density at radius 2 is 1.69 bits per heavy atom. The van der Waals surface area contributed by atoms with Gasteiger partial charge in [0.1, 0.15) is 35.1 Å². The summed E-state index contributed by atoms with van der Waals surface area (Å²) in [5.74, 6) is 0.714. The number of methoxy groups -OCH3 is 1. The summed E-state index contributed by atoms with van der Waals surface area (Å²) in [6.07, 6.45) is 0. The van der Waals surface area contributed by atoms with Crippen LogP contribution >= 0.6 is 11.3 Å². The molecule has 1 aromatic carbocycles. The first-order chi connectivity index (χ1) is 12.7. The fraction of sp³-hybridized carbons (Fsp3) is 0.0500. The van der Waals surface area contributed by atoms with E-state index in [1.54, 1.807) is 24.5 Å². The van der Waals surface area contributed by atoms with Crippen molar-refractivity contribution in [3.8, 4) is 40.2 Å². The topological polar surface area (TPSA) is 85.5 Å². The Labute approximate surface area is 154 Å². The van der Waals surface area contributed by atoms with E-state index in [4.69, 9.17) is 4.74 Å². The molecule has 0 aliphatic rings. The SMILES string of the molecule is COc1ccc(-n2c(C(C#N)=C(C#N)C#N)ccc2-c2cccs2)cc1. The van der Waals surface area contributed by atoms with Gasteiger partial charge in [-0.3, -0.25) is 0 Å². The molecule has 0 saturated heterocycles. The van der Waals surface area contributed by atoms with Crippen molar-refractivity contribution < 1.29 is 4.74 Å². The van der Waals surface area contributed by atoms with Crippen LogP contribution in [0.15, 0.2) is 59.5 Å². The molecule has 0 aliphatic carbocycles. The predicted octanol–water partition coefficient (Wildman–Crippen LogP) is 4.54. The summed E-state index contributed by atoms with van der Waals surface area (Å²) in [6, 6.07) is 20.6. The van der Waals surface area contributed by atoms with E-state index in [0.717, 1.165) is 16.3 Å². The lowest BCUT2D eigenvalue weighted by Gasteiger charge is -2.13. The van der Waals surface area contributed by atoms with Crippen molar-refractivity contribution in [1.82, 2.24) is 4.57 Å². The molecule has 0 unspecified atom stereocenters. The first-order valence-corrected chi connectivity index (χ1v) is 8.46. The zero-order valence-corrected chi connectivity index (χ0v) is 14.6. The number of allylic oxidation sites excluding steroid dienone is 2. The summed E-state index contributed by atoms with van der Waals surface area (Å²) < 4.78 is 7.08. The molecule has 3 rings (SSSR count). The highest BCUT2D eigenvalue weighted by Crippen LogP contribution is 2.33. The molecule has 0 saturated carbocycles. The lowest BCUT2D eigenvalue weighted by molar-refractivity contribution is 0.415. The van der Waals surface area contributed by atoms with E-state index in [1.165, 1.54) is 0 Å². The van der Waals surface area contributed by atoms with Gasteiger partial charge < -0.3 is 9.30 Å². The highest BCUT2D eigenvalue weighted by Gasteiger charge is 2.19. The van der Waals surface area contributed by atoms with Crippen LogP contribution in [0.5, 0.6) is 5.75 Å². The van der Waals surface area contributed by atoms with Crippen molar-refractivity contribution >= 4 is 16.9 Å². The standard InChI is InChI=1S/C20H12N4OS/c1-25-16-6-4-15(5-7-16)24-18(17(13-23)14(11-21)12-22)8-9-19(24)20-3-2-10-26-20/h2-10H,1H3. The van der Waals surface area contributed by atoms with Crippen LogP contribution in [0.3, 0.4) is 0 Å². The van der Waals surface area contributed by atoms with Gasteiger partial charge in [-0.15, -0.1) is 11.3 Å². The number of hydrogen-bond donors (Lipinski definition) is 0. The molecule has 26 heavy (non-hydrogen) atoms. The molecule has 0 aliphatic heterocycles. The summed E-state index contributed by atoms with van der Waals surface area (Å²) in [5.41, 5.74) is 2.02. The van der Waals surface area contributed by atoms with Gasteiger partial charge in [-0.2, -0.15) is 15.8 Å². The van der Waals surface area contributed by atoms with Gasteiger partial charge in [0.2, 0.25) is 0 Å². The Hall–Kier alpha value is -3.79. The highest BCUT2D eigenvalue weighted by molar-refractivity contribution is 7.13. The fourth-order valence-electron chi connectivity index (χ4n) is 2.64. The van der Waals surface area contributed by atoms with E-state index in [-0.39, 0.29) is 11.1 Å². The first-order valence-electron chi connectivity index (χ1n) is 7.58. The molecule has 0 fully saturated rings. The van der Waals surface area contributed by atoms with Gasteiger partial charge in [-0.1, -0.05) is 6.07 Å². The van der Waals surface area contributed by atoms with Gasteiger partial charge >= 0.3 is 0 Å². The maximum absolute atomic E-state index is 9.56. The second-order valence-corrected chi connectivity index (χ2v) is 6.15. The lowest BCUT2D eigenvalue weighted by atomic mass is 10.1. The lowest BCUT2D eigenvalue weighted by Crippen LogP contribution is -2.02. The Bertz CT molecular complexity index is 1070. The average Bonchev–Trinajstić information content (AvgIpc) is 3.35. The summed E-state index contributed by atoms with van der Waals surface area (Å²) in [7, 11) is 1.59. The summed E-state index contributed by atoms with van der Waals surface area (Å²) in [5, 5.41) is 29.9. The quantitative estimate of drug-likeness (QED) is 0.642. The third kappa shape index (κ3) is 2.96. The zero-order valence-electron chi connectivity index (χ0n) is 13.8. The number of ether oxygens (including phenoxy) is 1. The van der Waals surface area contributed by atoms with Gasteiger partial charge in [0, 0.05) is 5.69 Å². The van der Waals surface area contributed by atoms with E-state index >= 15 is 0 Å². The van der Waals surface area contributed by atoms with Crippen molar-refractivity contribution in [1.29, 1.82) is 15.8 Å². The maximum atomic E-state index is 9.56. The molecule has 0 radical (unpaired) electrons. The number of hydrogen-bond acceptors (Lipinski definition) is 5. The summed E-state index contributed by atoms with van der Waals surface area (Å²) >= 11 is 1.57. The molecular weight excluding hydrogens is 344 g/mol. The minimum absolute atomic E-state index is 0.0497. The highest BCUT2D eigenvalue weighted by atomic mass is 32.1. The Kier molecular flexibility index (Phi) is 4.85. The Morgan fingerprint density at radius 1 is 0.962 bits per heavy atom. The molecule has 0 bridgehead atoms. The predicted molar refractivity (Wildman–Crippen MR) is 99.4 cm³/mol. The molecule has 2 aromatic heterocycles. The van der Waals surface area contributed by atoms with Crippen molar-refractivity contribution in [3.63, 3.8) is 0 Å². The van der Waals surface area contributed by atoms with Crippen LogP contribution in [-0.4, -0.2) is 11.7 Å². The second-order valence-electron chi connectivity index (χ2n) is 5.20. The van der Waals surface area contributed by atoms with Crippen LogP contribution in [0.1, 0.15) is 5.69 Å². The smallest absolute Gasteiger partial charge is 0.149 e. The Morgan fingerprint density at radius 3 is 2.23 bits per heavy atom. The molecule has 0 N–H and O–H groups in total. The van der Waals surface area contributed by atoms with Gasteiger partial charge in [0.05, 0.1) is 23.4 Å². The number of nitrogens with zero attached hydrogens (tertiary/aromatic N) is 4. The third-order valence-electron chi connectivity index (χ3n) is 3.83. The third-order valence-corrected chi connectivity index (χ3v) is 4.72. The molecule has 5 nitrogen and oxygen atoms in total. The molecule has 124 valence electrons. The van der Waals surface area contributed by atoms with Crippen molar-refractivity contribution in [3.05, 3.63) is 65.2 Å². The molecule has 0 spiro atoms. The first kappa shape index (κ1) is 17.0. The Balaban J connectivity index is 2.31. The van der Waals surface area contributed by atoms with Crippen LogP contribution in [0, 0.1) is 34.0 Å². The van der Waals surface area contributed by atoms with Crippen molar-refractivity contribution in [2.75, 3.05) is 7.11 Å². The van der Waals surface area contributed by atoms with Crippen LogP contribution in [0.2, 0.25) is 0 Å². The second kappa shape index (κ2) is 7.40. The summed E-state index contributed by atoms with van der Waals surface area (Å²) in [4.78, 5) is 1.01. The number of benzene rings is 1. The van der Waals surface area contributed by atoms with E-state index in [9.17, 15) is 15.8 Å². The monoisotopic (exact) mass is 356 g/mol. The van der Waals surface area contributed by atoms with Crippen molar-refractivity contribution in [2.24, 2.45) is 0 Å². The summed E-state index contributed by atoms with van der Waals surface area (Å²) in [6.45, 7) is 0. The number of rotatable bonds is 4. The van der Waals surface area contributed by atoms with Gasteiger partial charge in [0.25, 0.3) is 0 Å². The normalized spacial score (nSPS) is 9.62. The minimum Gasteiger partial charge on any atom is -0.497 e. The van der Waals surface area contributed by atoms with E-state index in [0.29, 0.717) is 11.4 Å². The number of nitriles is 3. The molecule has 0 amide bonds. The largest absolute Gasteiger partial charge is 0.497 e. The van der Waals surface area contributed by atoms with Gasteiger partial charge in [-0.05, 0) is 47.8 Å². The zero-order chi connectivity index (χ0) is 18.5. The van der Waals surface area contributed by atoms with Gasteiger partial charge in [-0.25, -0.2) is 0 Å². The van der Waals surface area contributed by atoms with E-state index in [2.05, 4.69) is 0 Å². The van der Waals surface area contributed by atoms with Crippen LogP contribution in [0.4, 0.5) is 0 Å². The average molecular weight is 356 g/mol. The van der Waals surface area contributed by atoms with Crippen molar-refractivity contribution in [2.45, 2.75) is 0 Å². The molecule has 0 atom stereocenters. The number of aromatic nitrogens is 1. The molecule has 2 heterocycles.